The van der Waals surface area contributed by atoms with Gasteiger partial charge in [0.05, 0.1) is 11.1 Å². The number of carboxylic acid groups (broad SMARTS) is 1. The second-order valence-corrected chi connectivity index (χ2v) is 5.16. The Balaban J connectivity index is 1.73. The number of carbonyl (C=O) groups excluding carboxylic acids is 1. The molecule has 0 amide bonds. The molecule has 0 aliphatic rings. The molecule has 0 radical (unpaired) electrons. The molecule has 3 aromatic rings. The number of ether oxygens (including phenoxy) is 1. The molecule has 0 heterocycles. The van der Waals surface area contributed by atoms with Gasteiger partial charge >= 0.3 is 11.9 Å². The fourth-order valence-electron chi connectivity index (χ4n) is 2.26. The fourth-order valence-corrected chi connectivity index (χ4v) is 2.26. The van der Waals surface area contributed by atoms with Gasteiger partial charge in [-0.05, 0) is 47.5 Å². The zero-order valence-electron chi connectivity index (χ0n) is 12.7. The number of hydrogen-bond donors (Lipinski definition) is 1. The number of carboxylic acids is 1. The van der Waals surface area contributed by atoms with Gasteiger partial charge in [-0.3, -0.25) is 0 Å². The Bertz CT molecular complexity index is 850. The zero-order valence-corrected chi connectivity index (χ0v) is 12.7. The molecule has 0 unspecified atom stereocenters. The maximum Gasteiger partial charge on any atom is 0.343 e. The van der Waals surface area contributed by atoms with E-state index in [1.165, 1.54) is 0 Å². The summed E-state index contributed by atoms with van der Waals surface area (Å²) in [4.78, 5) is 22.9. The molecule has 0 saturated heterocycles. The summed E-state index contributed by atoms with van der Waals surface area (Å²) < 4.78 is 5.33. The van der Waals surface area contributed by atoms with Crippen LogP contribution < -0.4 is 4.74 Å². The minimum atomic E-state index is -0.954. The number of aromatic carboxylic acids is 1. The number of esters is 1. The van der Waals surface area contributed by atoms with Crippen LogP contribution in [0.2, 0.25) is 0 Å². The van der Waals surface area contributed by atoms with Crippen LogP contribution in [0.25, 0.3) is 11.1 Å². The Labute approximate surface area is 139 Å². The lowest BCUT2D eigenvalue weighted by molar-refractivity contribution is 0.0694. The first-order valence-electron chi connectivity index (χ1n) is 7.34. The van der Waals surface area contributed by atoms with Gasteiger partial charge < -0.3 is 9.84 Å². The van der Waals surface area contributed by atoms with Gasteiger partial charge in [0, 0.05) is 0 Å². The normalized spacial score (nSPS) is 10.2. The van der Waals surface area contributed by atoms with Gasteiger partial charge in [0.1, 0.15) is 5.75 Å². The molecule has 0 saturated carbocycles. The van der Waals surface area contributed by atoms with E-state index in [0.717, 1.165) is 11.1 Å². The van der Waals surface area contributed by atoms with E-state index in [0.29, 0.717) is 11.3 Å². The third-order valence-corrected chi connectivity index (χ3v) is 3.54. The lowest BCUT2D eigenvalue weighted by Gasteiger charge is -2.06. The summed E-state index contributed by atoms with van der Waals surface area (Å²) in [5.41, 5.74) is 2.53. The highest BCUT2D eigenvalue weighted by Crippen LogP contribution is 2.23. The Morgan fingerprint density at radius 1 is 0.667 bits per heavy atom. The van der Waals surface area contributed by atoms with Crippen LogP contribution >= 0.6 is 0 Å². The van der Waals surface area contributed by atoms with Crippen LogP contribution in [-0.4, -0.2) is 17.0 Å². The maximum atomic E-state index is 12.0. The van der Waals surface area contributed by atoms with E-state index in [2.05, 4.69) is 0 Å². The minimum absolute atomic E-state index is 0.243. The molecule has 0 aliphatic carbocycles. The quantitative estimate of drug-likeness (QED) is 0.576. The molecular weight excluding hydrogens is 304 g/mol. The third kappa shape index (κ3) is 3.50. The molecule has 24 heavy (non-hydrogen) atoms. The van der Waals surface area contributed by atoms with Crippen LogP contribution in [0, 0.1) is 0 Å². The van der Waals surface area contributed by atoms with Gasteiger partial charge in [-0.2, -0.15) is 0 Å². The van der Waals surface area contributed by atoms with Crippen LogP contribution in [0.1, 0.15) is 20.7 Å². The standard InChI is InChI=1S/C20H14O4/c21-19(22)16-8-6-14(7-9-16)15-10-12-18(13-11-15)24-20(23)17-4-2-1-3-5-17/h1-13H,(H,21,22). The summed E-state index contributed by atoms with van der Waals surface area (Å²) in [5.74, 6) is -0.909. The van der Waals surface area contributed by atoms with Gasteiger partial charge in [0.2, 0.25) is 0 Å². The second kappa shape index (κ2) is 6.79. The number of hydrogen-bond acceptors (Lipinski definition) is 3. The number of benzene rings is 3. The van der Waals surface area contributed by atoms with Crippen LogP contribution in [0.5, 0.6) is 5.75 Å². The van der Waals surface area contributed by atoms with Gasteiger partial charge in [0.25, 0.3) is 0 Å². The molecule has 0 spiro atoms. The number of carbonyl (C=O) groups is 2. The first-order chi connectivity index (χ1) is 11.6. The monoisotopic (exact) mass is 318 g/mol. The molecule has 118 valence electrons. The summed E-state index contributed by atoms with van der Waals surface area (Å²) in [5, 5.41) is 8.91. The Morgan fingerprint density at radius 2 is 1.21 bits per heavy atom. The third-order valence-electron chi connectivity index (χ3n) is 3.54. The lowest BCUT2D eigenvalue weighted by Crippen LogP contribution is -2.07. The Hall–Kier alpha value is -3.40. The van der Waals surface area contributed by atoms with E-state index in [-0.39, 0.29) is 5.56 Å². The average molecular weight is 318 g/mol. The molecule has 0 aliphatic heterocycles. The topological polar surface area (TPSA) is 63.6 Å². The van der Waals surface area contributed by atoms with E-state index >= 15 is 0 Å². The first-order valence-corrected chi connectivity index (χ1v) is 7.34. The summed E-state index contributed by atoms with van der Waals surface area (Å²) in [6, 6.07) is 22.4. The highest BCUT2D eigenvalue weighted by molar-refractivity contribution is 5.91. The lowest BCUT2D eigenvalue weighted by atomic mass is 10.0. The van der Waals surface area contributed by atoms with E-state index in [9.17, 15) is 9.59 Å². The molecule has 3 aromatic carbocycles. The predicted octanol–water partition coefficient (Wildman–Crippen LogP) is 4.27. The Kier molecular flexibility index (Phi) is 4.38. The van der Waals surface area contributed by atoms with Gasteiger partial charge in [-0.1, -0.05) is 42.5 Å². The van der Waals surface area contributed by atoms with Crippen molar-refractivity contribution in [1.29, 1.82) is 0 Å². The van der Waals surface area contributed by atoms with Crippen LogP contribution in [-0.2, 0) is 0 Å². The van der Waals surface area contributed by atoms with Gasteiger partial charge in [-0.25, -0.2) is 9.59 Å². The summed E-state index contributed by atoms with van der Waals surface area (Å²) in [7, 11) is 0. The molecule has 0 bridgehead atoms. The number of rotatable bonds is 4. The van der Waals surface area contributed by atoms with Crippen molar-refractivity contribution >= 4 is 11.9 Å². The minimum Gasteiger partial charge on any atom is -0.478 e. The molecule has 0 atom stereocenters. The highest BCUT2D eigenvalue weighted by Gasteiger charge is 2.08. The van der Waals surface area contributed by atoms with Crippen molar-refractivity contribution in [3.63, 3.8) is 0 Å². The van der Waals surface area contributed by atoms with Crippen LogP contribution in [0.4, 0.5) is 0 Å². The predicted molar refractivity (Wildman–Crippen MR) is 90.2 cm³/mol. The fraction of sp³-hybridized carbons (Fsp3) is 0. The van der Waals surface area contributed by atoms with Crippen molar-refractivity contribution in [3.05, 3.63) is 90.0 Å². The smallest absolute Gasteiger partial charge is 0.343 e. The van der Waals surface area contributed by atoms with Crippen molar-refractivity contribution < 1.29 is 19.4 Å². The summed E-state index contributed by atoms with van der Waals surface area (Å²) >= 11 is 0. The SMILES string of the molecule is O=C(O)c1ccc(-c2ccc(OC(=O)c3ccccc3)cc2)cc1. The zero-order chi connectivity index (χ0) is 16.9. The van der Waals surface area contributed by atoms with Gasteiger partial charge in [0.15, 0.2) is 0 Å². The van der Waals surface area contributed by atoms with Crippen molar-refractivity contribution in [2.45, 2.75) is 0 Å². The second-order valence-electron chi connectivity index (χ2n) is 5.16. The summed E-state index contributed by atoms with van der Waals surface area (Å²) in [6.45, 7) is 0. The molecule has 3 rings (SSSR count). The highest BCUT2D eigenvalue weighted by atomic mass is 16.5. The molecule has 0 aromatic heterocycles. The van der Waals surface area contributed by atoms with Crippen molar-refractivity contribution in [2.75, 3.05) is 0 Å². The molecule has 4 nitrogen and oxygen atoms in total. The Morgan fingerprint density at radius 3 is 1.75 bits per heavy atom. The largest absolute Gasteiger partial charge is 0.478 e. The van der Waals surface area contributed by atoms with Crippen molar-refractivity contribution in [1.82, 2.24) is 0 Å². The van der Waals surface area contributed by atoms with E-state index in [1.807, 2.05) is 18.2 Å². The first kappa shape index (κ1) is 15.5. The maximum absolute atomic E-state index is 12.0. The van der Waals surface area contributed by atoms with Crippen molar-refractivity contribution in [3.8, 4) is 16.9 Å². The van der Waals surface area contributed by atoms with Crippen LogP contribution in [0.3, 0.4) is 0 Å². The molecule has 0 fully saturated rings. The van der Waals surface area contributed by atoms with E-state index in [1.54, 1.807) is 60.7 Å². The summed E-state index contributed by atoms with van der Waals surface area (Å²) in [6.07, 6.45) is 0. The van der Waals surface area contributed by atoms with Gasteiger partial charge in [-0.15, -0.1) is 0 Å². The van der Waals surface area contributed by atoms with Crippen LogP contribution in [0.15, 0.2) is 78.9 Å². The molecular formula is C20H14O4. The van der Waals surface area contributed by atoms with Crippen molar-refractivity contribution in [2.24, 2.45) is 0 Å². The average Bonchev–Trinajstić information content (AvgIpc) is 2.63. The van der Waals surface area contributed by atoms with E-state index < -0.39 is 11.9 Å². The molecule has 1 N–H and O–H groups in total. The molecule has 4 heteroatoms. The van der Waals surface area contributed by atoms with E-state index in [4.69, 9.17) is 9.84 Å².